The van der Waals surface area contributed by atoms with Gasteiger partial charge >= 0.3 is 0 Å². The largest absolute Gasteiger partial charge is 0.497 e. The summed E-state index contributed by atoms with van der Waals surface area (Å²) in [5, 5.41) is 0. The lowest BCUT2D eigenvalue weighted by Crippen LogP contribution is -2.20. The molecule has 0 spiro atoms. The van der Waals surface area contributed by atoms with Crippen LogP contribution in [-0.4, -0.2) is 18.5 Å². The van der Waals surface area contributed by atoms with Gasteiger partial charge in [0.15, 0.2) is 0 Å². The van der Waals surface area contributed by atoms with Crippen LogP contribution in [-0.2, 0) is 0 Å². The Morgan fingerprint density at radius 1 is 1.06 bits per heavy atom. The van der Waals surface area contributed by atoms with Crippen LogP contribution >= 0.6 is 15.9 Å². The lowest BCUT2D eigenvalue weighted by Gasteiger charge is -2.23. The van der Waals surface area contributed by atoms with Crippen LogP contribution in [0.15, 0.2) is 24.3 Å². The molecular weight excluding hydrogens is 292 g/mol. The number of hydrogen-bond acceptors (Lipinski definition) is 2. The van der Waals surface area contributed by atoms with E-state index in [1.807, 2.05) is 24.3 Å². The molecule has 2 unspecified atom stereocenters. The molecule has 0 aliphatic rings. The van der Waals surface area contributed by atoms with Crippen molar-refractivity contribution in [2.24, 2.45) is 11.8 Å². The minimum atomic E-state index is 0.525. The molecule has 0 bridgehead atoms. The third-order valence-electron chi connectivity index (χ3n) is 3.23. The van der Waals surface area contributed by atoms with Crippen LogP contribution < -0.4 is 9.47 Å². The molecule has 0 radical (unpaired) electrons. The average Bonchev–Trinajstić information content (AvgIpc) is 2.34. The Morgan fingerprint density at radius 2 is 1.61 bits per heavy atom. The Morgan fingerprint density at radius 3 is 2.06 bits per heavy atom. The van der Waals surface area contributed by atoms with Crippen molar-refractivity contribution >= 4 is 15.9 Å². The number of alkyl halides is 1. The molecule has 0 aromatic heterocycles. The van der Waals surface area contributed by atoms with E-state index < -0.39 is 0 Å². The van der Waals surface area contributed by atoms with Gasteiger partial charge in [-0.15, -0.1) is 0 Å². The smallest absolute Gasteiger partial charge is 0.119 e. The van der Waals surface area contributed by atoms with Crippen LogP contribution in [0.1, 0.15) is 27.2 Å². The summed E-state index contributed by atoms with van der Waals surface area (Å²) in [7, 11) is 1.67. The van der Waals surface area contributed by atoms with Crippen molar-refractivity contribution in [3.05, 3.63) is 24.3 Å². The maximum atomic E-state index is 5.76. The van der Waals surface area contributed by atoms with Gasteiger partial charge in [-0.3, -0.25) is 0 Å². The lowest BCUT2D eigenvalue weighted by atomic mass is 9.90. The van der Waals surface area contributed by atoms with Gasteiger partial charge in [-0.25, -0.2) is 0 Å². The molecule has 0 fully saturated rings. The van der Waals surface area contributed by atoms with E-state index in [2.05, 4.69) is 36.7 Å². The first-order valence-corrected chi connectivity index (χ1v) is 7.37. The van der Waals surface area contributed by atoms with Crippen molar-refractivity contribution in [3.8, 4) is 11.5 Å². The zero-order chi connectivity index (χ0) is 13.5. The minimum absolute atomic E-state index is 0.525. The molecule has 1 aromatic rings. The molecule has 1 aromatic carbocycles. The normalized spacial score (nSPS) is 14.3. The molecule has 0 aliphatic carbocycles. The van der Waals surface area contributed by atoms with Crippen LogP contribution in [0.25, 0.3) is 0 Å². The first kappa shape index (κ1) is 15.4. The van der Waals surface area contributed by atoms with Gasteiger partial charge in [-0.1, -0.05) is 36.7 Å². The van der Waals surface area contributed by atoms with E-state index in [1.54, 1.807) is 7.11 Å². The summed E-state index contributed by atoms with van der Waals surface area (Å²) < 4.78 is 10.9. The predicted octanol–water partition coefficient (Wildman–Crippen LogP) is 4.52. The Hall–Kier alpha value is -0.700. The number of hydrogen-bond donors (Lipinski definition) is 0. The number of benzene rings is 1. The fraction of sp³-hybridized carbons (Fsp3) is 0.600. The maximum absolute atomic E-state index is 5.76. The second-order valence-corrected chi connectivity index (χ2v) is 6.34. The highest BCUT2D eigenvalue weighted by Crippen LogP contribution is 2.25. The van der Waals surface area contributed by atoms with Gasteiger partial charge in [0.05, 0.1) is 13.7 Å². The topological polar surface area (TPSA) is 18.5 Å². The molecule has 2 atom stereocenters. The van der Waals surface area contributed by atoms with E-state index >= 15 is 0 Å². The van der Waals surface area contributed by atoms with E-state index in [1.165, 1.54) is 0 Å². The van der Waals surface area contributed by atoms with Crippen LogP contribution in [0, 0.1) is 11.8 Å². The summed E-state index contributed by atoms with van der Waals surface area (Å²) in [5.41, 5.74) is 0. The number of ether oxygens (including phenoxy) is 2. The summed E-state index contributed by atoms with van der Waals surface area (Å²) in [6, 6.07) is 7.73. The summed E-state index contributed by atoms with van der Waals surface area (Å²) in [5.74, 6) is 3.07. The SMILES string of the molecule is COc1ccc(OCCC(C(C)C)C(C)Br)cc1. The Labute approximate surface area is 119 Å². The maximum Gasteiger partial charge on any atom is 0.119 e. The van der Waals surface area contributed by atoms with Gasteiger partial charge in [0.1, 0.15) is 11.5 Å². The van der Waals surface area contributed by atoms with Gasteiger partial charge in [-0.05, 0) is 42.5 Å². The summed E-state index contributed by atoms with van der Waals surface area (Å²) in [4.78, 5) is 0.525. The molecule has 1 rings (SSSR count). The second kappa shape index (κ2) is 7.67. The van der Waals surface area contributed by atoms with Crippen LogP contribution in [0.2, 0.25) is 0 Å². The number of methoxy groups -OCH3 is 1. The lowest BCUT2D eigenvalue weighted by molar-refractivity contribution is 0.249. The summed E-state index contributed by atoms with van der Waals surface area (Å²) in [6.45, 7) is 7.48. The third kappa shape index (κ3) is 4.89. The van der Waals surface area contributed by atoms with Gasteiger partial charge in [0, 0.05) is 4.83 Å². The molecule has 102 valence electrons. The van der Waals surface area contributed by atoms with E-state index in [9.17, 15) is 0 Å². The van der Waals surface area contributed by atoms with E-state index in [-0.39, 0.29) is 0 Å². The van der Waals surface area contributed by atoms with Gasteiger partial charge < -0.3 is 9.47 Å². The Kier molecular flexibility index (Phi) is 6.55. The fourth-order valence-corrected chi connectivity index (χ4v) is 2.95. The second-order valence-electron chi connectivity index (χ2n) is 4.90. The van der Waals surface area contributed by atoms with Crippen molar-refractivity contribution in [2.45, 2.75) is 32.0 Å². The standard InChI is InChI=1S/C15H23BrO2/c1-11(2)15(12(3)16)9-10-18-14-7-5-13(17-4)6-8-14/h5-8,11-12,15H,9-10H2,1-4H3. The molecule has 0 aliphatic heterocycles. The molecular formula is C15H23BrO2. The zero-order valence-corrected chi connectivity index (χ0v) is 13.2. The van der Waals surface area contributed by atoms with Crippen molar-refractivity contribution in [1.82, 2.24) is 0 Å². The van der Waals surface area contributed by atoms with Crippen molar-refractivity contribution in [2.75, 3.05) is 13.7 Å². The molecule has 18 heavy (non-hydrogen) atoms. The quantitative estimate of drug-likeness (QED) is 0.689. The summed E-state index contributed by atoms with van der Waals surface area (Å²) >= 11 is 3.67. The van der Waals surface area contributed by atoms with E-state index in [4.69, 9.17) is 9.47 Å². The monoisotopic (exact) mass is 314 g/mol. The van der Waals surface area contributed by atoms with Gasteiger partial charge in [0.25, 0.3) is 0 Å². The Balaban J connectivity index is 2.40. The average molecular weight is 315 g/mol. The summed E-state index contributed by atoms with van der Waals surface area (Å²) in [6.07, 6.45) is 1.07. The van der Waals surface area contributed by atoms with E-state index in [0.29, 0.717) is 16.7 Å². The minimum Gasteiger partial charge on any atom is -0.497 e. The molecule has 0 heterocycles. The highest BCUT2D eigenvalue weighted by atomic mass is 79.9. The van der Waals surface area contributed by atoms with Gasteiger partial charge in [-0.2, -0.15) is 0 Å². The van der Waals surface area contributed by atoms with Crippen molar-refractivity contribution in [1.29, 1.82) is 0 Å². The first-order valence-electron chi connectivity index (χ1n) is 6.45. The number of rotatable bonds is 7. The number of halogens is 1. The molecule has 0 saturated carbocycles. The molecule has 0 amide bonds. The molecule has 3 heteroatoms. The molecule has 0 saturated heterocycles. The first-order chi connectivity index (χ1) is 8.54. The Bertz CT molecular complexity index is 325. The third-order valence-corrected chi connectivity index (χ3v) is 3.90. The van der Waals surface area contributed by atoms with E-state index in [0.717, 1.165) is 24.5 Å². The zero-order valence-electron chi connectivity index (χ0n) is 11.7. The van der Waals surface area contributed by atoms with Crippen molar-refractivity contribution < 1.29 is 9.47 Å². The fourth-order valence-electron chi connectivity index (χ4n) is 2.08. The van der Waals surface area contributed by atoms with Gasteiger partial charge in [0.2, 0.25) is 0 Å². The van der Waals surface area contributed by atoms with Crippen LogP contribution in [0.5, 0.6) is 11.5 Å². The van der Waals surface area contributed by atoms with Crippen LogP contribution in [0.4, 0.5) is 0 Å². The highest BCUT2D eigenvalue weighted by molar-refractivity contribution is 9.09. The van der Waals surface area contributed by atoms with Crippen LogP contribution in [0.3, 0.4) is 0 Å². The highest BCUT2D eigenvalue weighted by Gasteiger charge is 2.18. The molecule has 0 N–H and O–H groups in total. The van der Waals surface area contributed by atoms with Crippen molar-refractivity contribution in [3.63, 3.8) is 0 Å². The predicted molar refractivity (Wildman–Crippen MR) is 79.8 cm³/mol. The molecule has 2 nitrogen and oxygen atoms in total.